The Morgan fingerprint density at radius 1 is 1.07 bits per heavy atom. The van der Waals surface area contributed by atoms with Crippen molar-refractivity contribution in [2.75, 3.05) is 7.11 Å². The topological polar surface area (TPSA) is 60.3 Å². The first kappa shape index (κ1) is 17.3. The Hall–Kier alpha value is -3.08. The lowest BCUT2D eigenvalue weighted by molar-refractivity contribution is 0.0939. The fourth-order valence-corrected chi connectivity index (χ4v) is 3.76. The molecule has 0 saturated heterocycles. The predicted octanol–water partition coefficient (Wildman–Crippen LogP) is 3.67. The van der Waals surface area contributed by atoms with Gasteiger partial charge in [0.15, 0.2) is 0 Å². The normalized spacial score (nSPS) is 14.4. The van der Waals surface area contributed by atoms with Crippen molar-refractivity contribution in [2.24, 2.45) is 0 Å². The van der Waals surface area contributed by atoms with Crippen LogP contribution in [0.3, 0.4) is 0 Å². The maximum absolute atomic E-state index is 13.0. The van der Waals surface area contributed by atoms with Gasteiger partial charge in [0.2, 0.25) is 0 Å². The molecule has 3 aromatic rings. The SMILES string of the molecule is COc1cccc(-n2cc(C(=O)NC3CCCC3)c3ccccc3c2=O)c1. The monoisotopic (exact) mass is 362 g/mol. The van der Waals surface area contributed by atoms with Crippen LogP contribution in [-0.2, 0) is 0 Å². The number of methoxy groups -OCH3 is 1. The largest absolute Gasteiger partial charge is 0.497 e. The molecule has 2 aromatic carbocycles. The van der Waals surface area contributed by atoms with E-state index in [1.807, 2.05) is 36.4 Å². The first-order chi connectivity index (χ1) is 13.2. The van der Waals surface area contributed by atoms with Crippen LogP contribution < -0.4 is 15.6 Å². The highest BCUT2D eigenvalue weighted by molar-refractivity contribution is 6.06. The van der Waals surface area contributed by atoms with E-state index >= 15 is 0 Å². The highest BCUT2D eigenvalue weighted by Gasteiger charge is 2.21. The van der Waals surface area contributed by atoms with Crippen molar-refractivity contribution >= 4 is 16.7 Å². The molecule has 0 radical (unpaired) electrons. The molecule has 1 aromatic heterocycles. The maximum Gasteiger partial charge on any atom is 0.262 e. The van der Waals surface area contributed by atoms with Crippen molar-refractivity contribution in [2.45, 2.75) is 31.7 Å². The minimum Gasteiger partial charge on any atom is -0.497 e. The molecule has 1 fully saturated rings. The molecule has 1 aliphatic rings. The van der Waals surface area contributed by atoms with Gasteiger partial charge >= 0.3 is 0 Å². The molecule has 27 heavy (non-hydrogen) atoms. The van der Waals surface area contributed by atoms with Gasteiger partial charge in [-0.2, -0.15) is 0 Å². The van der Waals surface area contributed by atoms with Crippen LogP contribution in [0.1, 0.15) is 36.0 Å². The lowest BCUT2D eigenvalue weighted by atomic mass is 10.1. The minimum atomic E-state index is -0.156. The van der Waals surface area contributed by atoms with E-state index in [0.717, 1.165) is 25.7 Å². The van der Waals surface area contributed by atoms with Crippen LogP contribution in [0, 0.1) is 0 Å². The molecule has 0 unspecified atom stereocenters. The van der Waals surface area contributed by atoms with E-state index in [0.29, 0.717) is 27.8 Å². The zero-order chi connectivity index (χ0) is 18.8. The number of benzene rings is 2. The number of ether oxygens (including phenoxy) is 1. The second-order valence-electron chi connectivity index (χ2n) is 6.92. The maximum atomic E-state index is 13.0. The second-order valence-corrected chi connectivity index (χ2v) is 6.92. The van der Waals surface area contributed by atoms with Gasteiger partial charge in [-0.1, -0.05) is 37.1 Å². The predicted molar refractivity (Wildman–Crippen MR) is 106 cm³/mol. The van der Waals surface area contributed by atoms with E-state index in [2.05, 4.69) is 5.32 Å². The number of rotatable bonds is 4. The zero-order valence-electron chi connectivity index (χ0n) is 15.3. The first-order valence-electron chi connectivity index (χ1n) is 9.27. The fraction of sp³-hybridized carbons (Fsp3) is 0.273. The number of fused-ring (bicyclic) bond motifs is 1. The Morgan fingerprint density at radius 3 is 2.56 bits per heavy atom. The van der Waals surface area contributed by atoms with Crippen LogP contribution in [0.5, 0.6) is 5.75 Å². The third kappa shape index (κ3) is 3.33. The quantitative estimate of drug-likeness (QED) is 0.770. The summed E-state index contributed by atoms with van der Waals surface area (Å²) in [5.41, 5.74) is 1.02. The molecule has 1 heterocycles. The zero-order valence-corrected chi connectivity index (χ0v) is 15.3. The molecule has 1 aliphatic carbocycles. The summed E-state index contributed by atoms with van der Waals surface area (Å²) >= 11 is 0. The molecule has 5 nitrogen and oxygen atoms in total. The number of carbonyl (C=O) groups excluding carboxylic acids is 1. The van der Waals surface area contributed by atoms with Crippen molar-refractivity contribution in [3.63, 3.8) is 0 Å². The van der Waals surface area contributed by atoms with Crippen molar-refractivity contribution in [1.82, 2.24) is 9.88 Å². The molecule has 1 saturated carbocycles. The van der Waals surface area contributed by atoms with E-state index < -0.39 is 0 Å². The number of amides is 1. The molecular weight excluding hydrogens is 340 g/mol. The Morgan fingerprint density at radius 2 is 1.81 bits per heavy atom. The standard InChI is InChI=1S/C22H22N2O3/c1-27-17-10-6-9-16(13-17)24-14-20(21(25)23-15-7-2-3-8-15)18-11-4-5-12-19(18)22(24)26/h4-6,9-15H,2-3,7-8H2,1H3,(H,23,25). The molecule has 0 spiro atoms. The summed E-state index contributed by atoms with van der Waals surface area (Å²) in [6, 6.07) is 14.7. The highest BCUT2D eigenvalue weighted by atomic mass is 16.5. The Labute approximate surface area is 157 Å². The Balaban J connectivity index is 1.86. The molecule has 138 valence electrons. The summed E-state index contributed by atoms with van der Waals surface area (Å²) in [7, 11) is 1.59. The highest BCUT2D eigenvalue weighted by Crippen LogP contribution is 2.22. The van der Waals surface area contributed by atoms with Gasteiger partial charge in [0.05, 0.1) is 18.4 Å². The van der Waals surface area contributed by atoms with Crippen molar-refractivity contribution in [3.8, 4) is 11.4 Å². The van der Waals surface area contributed by atoms with Crippen LogP contribution in [-0.4, -0.2) is 23.6 Å². The number of hydrogen-bond donors (Lipinski definition) is 1. The average molecular weight is 362 g/mol. The lowest BCUT2D eigenvalue weighted by Gasteiger charge is -2.16. The summed E-state index contributed by atoms with van der Waals surface area (Å²) < 4.78 is 6.80. The Bertz CT molecular complexity index is 1050. The number of aromatic nitrogens is 1. The van der Waals surface area contributed by atoms with Crippen molar-refractivity contribution in [1.29, 1.82) is 0 Å². The van der Waals surface area contributed by atoms with Crippen LogP contribution >= 0.6 is 0 Å². The number of carbonyl (C=O) groups is 1. The van der Waals surface area contributed by atoms with Crippen LogP contribution in [0.15, 0.2) is 59.5 Å². The van der Waals surface area contributed by atoms with Gasteiger partial charge in [0.25, 0.3) is 11.5 Å². The summed E-state index contributed by atoms with van der Waals surface area (Å²) in [5, 5.41) is 4.33. The van der Waals surface area contributed by atoms with E-state index in [-0.39, 0.29) is 17.5 Å². The second kappa shape index (κ2) is 7.27. The van der Waals surface area contributed by atoms with Gasteiger partial charge in [0, 0.05) is 29.1 Å². The summed E-state index contributed by atoms with van der Waals surface area (Å²) in [5.74, 6) is 0.527. The fourth-order valence-electron chi connectivity index (χ4n) is 3.76. The minimum absolute atomic E-state index is 0.130. The molecular formula is C22H22N2O3. The smallest absolute Gasteiger partial charge is 0.262 e. The number of nitrogens with zero attached hydrogens (tertiary/aromatic N) is 1. The van der Waals surface area contributed by atoms with Gasteiger partial charge in [-0.25, -0.2) is 0 Å². The molecule has 5 heteroatoms. The third-order valence-corrected chi connectivity index (χ3v) is 5.19. The van der Waals surface area contributed by atoms with E-state index in [9.17, 15) is 9.59 Å². The van der Waals surface area contributed by atoms with E-state index in [1.165, 1.54) is 4.57 Å². The average Bonchev–Trinajstić information content (AvgIpc) is 3.21. The van der Waals surface area contributed by atoms with Crippen LogP contribution in [0.25, 0.3) is 16.5 Å². The first-order valence-corrected chi connectivity index (χ1v) is 9.27. The van der Waals surface area contributed by atoms with Gasteiger partial charge in [-0.15, -0.1) is 0 Å². The molecule has 1 amide bonds. The molecule has 1 N–H and O–H groups in total. The van der Waals surface area contributed by atoms with Gasteiger partial charge in [-0.3, -0.25) is 14.2 Å². The number of pyridine rings is 1. The van der Waals surface area contributed by atoms with Gasteiger partial charge in [-0.05, 0) is 31.0 Å². The third-order valence-electron chi connectivity index (χ3n) is 5.19. The summed E-state index contributed by atoms with van der Waals surface area (Å²) in [4.78, 5) is 26.0. The summed E-state index contributed by atoms with van der Waals surface area (Å²) in [6.07, 6.45) is 5.96. The van der Waals surface area contributed by atoms with Crippen LogP contribution in [0.2, 0.25) is 0 Å². The van der Waals surface area contributed by atoms with Gasteiger partial charge in [0.1, 0.15) is 5.75 Å². The Kier molecular flexibility index (Phi) is 4.67. The van der Waals surface area contributed by atoms with Crippen LogP contribution in [0.4, 0.5) is 0 Å². The molecule has 0 bridgehead atoms. The number of nitrogens with one attached hydrogen (secondary N) is 1. The van der Waals surface area contributed by atoms with Gasteiger partial charge < -0.3 is 10.1 Å². The molecule has 0 atom stereocenters. The lowest BCUT2D eigenvalue weighted by Crippen LogP contribution is -2.34. The molecule has 4 rings (SSSR count). The summed E-state index contributed by atoms with van der Waals surface area (Å²) in [6.45, 7) is 0. The molecule has 0 aliphatic heterocycles. The van der Waals surface area contributed by atoms with E-state index in [4.69, 9.17) is 4.74 Å². The van der Waals surface area contributed by atoms with Crippen molar-refractivity contribution in [3.05, 3.63) is 70.6 Å². The number of hydrogen-bond acceptors (Lipinski definition) is 3. The van der Waals surface area contributed by atoms with E-state index in [1.54, 1.807) is 25.4 Å². The van der Waals surface area contributed by atoms with Crippen molar-refractivity contribution < 1.29 is 9.53 Å².